The molecule has 2 aliphatic rings. The molecule has 3 aromatic rings. The number of halogens is 2. The summed E-state index contributed by atoms with van der Waals surface area (Å²) in [5.74, 6) is 0.236. The number of nitrogens with two attached hydrogens (primary N) is 1. The average molecular weight is 486 g/mol. The summed E-state index contributed by atoms with van der Waals surface area (Å²) in [6.07, 6.45) is 2.39. The van der Waals surface area contributed by atoms with Gasteiger partial charge < -0.3 is 25.8 Å². The van der Waals surface area contributed by atoms with Crippen LogP contribution >= 0.6 is 15.9 Å². The zero-order valence-corrected chi connectivity index (χ0v) is 18.3. The van der Waals surface area contributed by atoms with Crippen LogP contribution < -0.4 is 21.1 Å². The van der Waals surface area contributed by atoms with Crippen molar-refractivity contribution in [3.8, 4) is 5.75 Å². The fourth-order valence-corrected chi connectivity index (χ4v) is 4.15. The lowest BCUT2D eigenvalue weighted by Crippen LogP contribution is -2.65. The predicted molar refractivity (Wildman–Crippen MR) is 122 cm³/mol. The van der Waals surface area contributed by atoms with Crippen LogP contribution in [0.4, 0.5) is 15.8 Å². The van der Waals surface area contributed by atoms with E-state index in [-0.39, 0.29) is 11.9 Å². The maximum absolute atomic E-state index is 15.1. The van der Waals surface area contributed by atoms with E-state index in [1.807, 2.05) is 19.1 Å². The highest BCUT2D eigenvalue weighted by Crippen LogP contribution is 2.41. The van der Waals surface area contributed by atoms with Crippen LogP contribution in [0.25, 0.3) is 10.9 Å². The van der Waals surface area contributed by atoms with E-state index in [4.69, 9.17) is 15.2 Å². The molecule has 31 heavy (non-hydrogen) atoms. The number of rotatable bonds is 5. The van der Waals surface area contributed by atoms with E-state index in [0.717, 1.165) is 15.7 Å². The number of hydrogen-bond acceptors (Lipinski definition) is 7. The summed E-state index contributed by atoms with van der Waals surface area (Å²) in [6, 6.07) is 10.7. The first-order valence-corrected chi connectivity index (χ1v) is 10.7. The molecule has 0 spiro atoms. The Balaban J connectivity index is 1.51. The second kappa shape index (κ2) is 7.74. The van der Waals surface area contributed by atoms with Gasteiger partial charge in [-0.2, -0.15) is 0 Å². The third-order valence-electron chi connectivity index (χ3n) is 5.69. The maximum atomic E-state index is 15.1. The molecule has 0 aliphatic carbocycles. The van der Waals surface area contributed by atoms with E-state index in [1.165, 1.54) is 0 Å². The van der Waals surface area contributed by atoms with Crippen LogP contribution in [0.1, 0.15) is 18.7 Å². The van der Waals surface area contributed by atoms with Gasteiger partial charge in [0.15, 0.2) is 12.0 Å². The van der Waals surface area contributed by atoms with Gasteiger partial charge in [-0.1, -0.05) is 15.9 Å². The molecule has 0 radical (unpaired) electrons. The Bertz CT molecular complexity index is 1180. The van der Waals surface area contributed by atoms with Crippen molar-refractivity contribution in [2.24, 2.45) is 10.7 Å². The Morgan fingerprint density at radius 3 is 2.97 bits per heavy atom. The van der Waals surface area contributed by atoms with Crippen LogP contribution in [0.15, 0.2) is 52.1 Å². The summed E-state index contributed by atoms with van der Waals surface area (Å²) in [6.45, 7) is 2.81. The molecule has 0 bridgehead atoms. The van der Waals surface area contributed by atoms with Crippen LogP contribution in [0.3, 0.4) is 0 Å². The van der Waals surface area contributed by atoms with Crippen LogP contribution in [0.2, 0.25) is 0 Å². The normalized spacial score (nSPS) is 19.8. The standard InChI is InChI=1S/C22H21BrFN5O2/c1-12(22(25)9-30-10-22)31-18-8-13(23)7-17-19(18)21(28-11-27-17)29-16-5-4-15-14(20(16)24)3-2-6-26-15/h2-8,11-12,21,29H,9-10,25H2,1H3,(H,27,28). The van der Waals surface area contributed by atoms with Gasteiger partial charge in [-0.15, -0.1) is 0 Å². The Morgan fingerprint density at radius 1 is 1.35 bits per heavy atom. The molecule has 0 saturated carbocycles. The van der Waals surface area contributed by atoms with E-state index in [1.54, 1.807) is 36.8 Å². The predicted octanol–water partition coefficient (Wildman–Crippen LogP) is 4.20. The molecule has 160 valence electrons. The third-order valence-corrected chi connectivity index (χ3v) is 6.15. The SMILES string of the molecule is CC(Oc1cc(Br)cc2c1C(Nc1ccc3ncccc3c1F)N=CN2)C1(N)COC1. The van der Waals surface area contributed by atoms with Gasteiger partial charge >= 0.3 is 0 Å². The van der Waals surface area contributed by atoms with Crippen LogP contribution in [0.5, 0.6) is 5.75 Å². The molecule has 5 rings (SSSR count). The molecule has 4 N–H and O–H groups in total. The van der Waals surface area contributed by atoms with Gasteiger partial charge in [-0.05, 0) is 43.3 Å². The largest absolute Gasteiger partial charge is 0.488 e. The van der Waals surface area contributed by atoms with E-state index in [2.05, 4.69) is 36.5 Å². The second-order valence-electron chi connectivity index (χ2n) is 7.82. The molecule has 3 heterocycles. The lowest BCUT2D eigenvalue weighted by Gasteiger charge is -2.42. The average Bonchev–Trinajstić information content (AvgIpc) is 2.74. The molecular formula is C22H21BrFN5O2. The van der Waals surface area contributed by atoms with Gasteiger partial charge in [0.25, 0.3) is 0 Å². The highest BCUT2D eigenvalue weighted by molar-refractivity contribution is 9.10. The maximum Gasteiger partial charge on any atom is 0.155 e. The highest BCUT2D eigenvalue weighted by atomic mass is 79.9. The summed E-state index contributed by atoms with van der Waals surface area (Å²) in [5, 5.41) is 6.79. The lowest BCUT2D eigenvalue weighted by molar-refractivity contribution is -0.0991. The molecule has 2 atom stereocenters. The summed E-state index contributed by atoms with van der Waals surface area (Å²) < 4.78 is 27.5. The molecule has 1 fully saturated rings. The first-order chi connectivity index (χ1) is 14.9. The minimum Gasteiger partial charge on any atom is -0.488 e. The van der Waals surface area contributed by atoms with Crippen molar-refractivity contribution in [3.63, 3.8) is 0 Å². The van der Waals surface area contributed by atoms with Gasteiger partial charge in [0, 0.05) is 16.1 Å². The first-order valence-electron chi connectivity index (χ1n) is 9.89. The van der Waals surface area contributed by atoms with Gasteiger partial charge in [-0.3, -0.25) is 4.98 Å². The number of nitrogens with zero attached hydrogens (tertiary/aromatic N) is 2. The fraction of sp³-hybridized carbons (Fsp3) is 0.273. The monoisotopic (exact) mass is 485 g/mol. The van der Waals surface area contributed by atoms with Crippen molar-refractivity contribution in [2.75, 3.05) is 23.8 Å². The quantitative estimate of drug-likeness (QED) is 0.501. The number of aliphatic imine (C=N–C) groups is 1. The summed E-state index contributed by atoms with van der Waals surface area (Å²) in [7, 11) is 0. The molecule has 2 unspecified atom stereocenters. The van der Waals surface area contributed by atoms with Crippen molar-refractivity contribution in [1.29, 1.82) is 0 Å². The van der Waals surface area contributed by atoms with Crippen molar-refractivity contribution in [3.05, 3.63) is 58.4 Å². The van der Waals surface area contributed by atoms with Gasteiger partial charge in [0.2, 0.25) is 0 Å². The Hall–Kier alpha value is -2.75. The number of pyridine rings is 1. The molecule has 1 aromatic heterocycles. The molecule has 9 heteroatoms. The molecular weight excluding hydrogens is 465 g/mol. The molecule has 7 nitrogen and oxygen atoms in total. The molecule has 0 amide bonds. The van der Waals surface area contributed by atoms with E-state index in [9.17, 15) is 0 Å². The number of anilines is 2. The van der Waals surface area contributed by atoms with Crippen molar-refractivity contribution < 1.29 is 13.9 Å². The minimum absolute atomic E-state index is 0.283. The fourth-order valence-electron chi connectivity index (χ4n) is 3.71. The molecule has 2 aromatic carbocycles. The Labute approximate surface area is 187 Å². The number of ether oxygens (including phenoxy) is 2. The van der Waals surface area contributed by atoms with E-state index in [0.29, 0.717) is 35.6 Å². The number of benzene rings is 2. The number of hydrogen-bond donors (Lipinski definition) is 3. The number of fused-ring (bicyclic) bond motifs is 2. The number of aromatic nitrogens is 1. The Kier molecular flexibility index (Phi) is 5.04. The van der Waals surface area contributed by atoms with Crippen LogP contribution in [-0.4, -0.2) is 36.2 Å². The lowest BCUT2D eigenvalue weighted by atomic mass is 9.92. The van der Waals surface area contributed by atoms with Crippen LogP contribution in [0, 0.1) is 5.82 Å². The number of nitrogens with one attached hydrogen (secondary N) is 2. The molecule has 1 saturated heterocycles. The highest BCUT2D eigenvalue weighted by Gasteiger charge is 2.42. The van der Waals surface area contributed by atoms with Crippen molar-refractivity contribution in [2.45, 2.75) is 24.7 Å². The van der Waals surface area contributed by atoms with Crippen molar-refractivity contribution in [1.82, 2.24) is 4.98 Å². The van der Waals surface area contributed by atoms with Crippen LogP contribution in [-0.2, 0) is 4.74 Å². The third kappa shape index (κ3) is 3.62. The Morgan fingerprint density at radius 2 is 2.19 bits per heavy atom. The van der Waals surface area contributed by atoms with E-state index >= 15 is 4.39 Å². The summed E-state index contributed by atoms with van der Waals surface area (Å²) in [4.78, 5) is 8.70. The summed E-state index contributed by atoms with van der Waals surface area (Å²) >= 11 is 3.53. The van der Waals surface area contributed by atoms with E-state index < -0.39 is 11.7 Å². The topological polar surface area (TPSA) is 93.8 Å². The smallest absolute Gasteiger partial charge is 0.155 e. The minimum atomic E-state index is -0.554. The molecule has 2 aliphatic heterocycles. The van der Waals surface area contributed by atoms with Gasteiger partial charge in [0.1, 0.15) is 11.9 Å². The second-order valence-corrected chi connectivity index (χ2v) is 8.73. The zero-order chi connectivity index (χ0) is 21.6. The zero-order valence-electron chi connectivity index (χ0n) is 16.7. The summed E-state index contributed by atoms with van der Waals surface area (Å²) in [5.41, 5.74) is 8.33. The van der Waals surface area contributed by atoms with Crippen molar-refractivity contribution >= 4 is 44.5 Å². The van der Waals surface area contributed by atoms with Gasteiger partial charge in [0.05, 0.1) is 47.5 Å². The van der Waals surface area contributed by atoms with Gasteiger partial charge in [-0.25, -0.2) is 9.38 Å². The first kappa shape index (κ1) is 20.2.